The Kier molecular flexibility index (Phi) is 7.37. The van der Waals surface area contributed by atoms with E-state index in [0.717, 1.165) is 50.3 Å². The molecule has 0 amide bonds. The van der Waals surface area contributed by atoms with Gasteiger partial charge in [-0.1, -0.05) is 133 Å². The largest absolute Gasteiger partial charge is 0.248 e. The molecule has 0 aliphatic heterocycles. The molecule has 4 nitrogen and oxygen atoms in total. The summed E-state index contributed by atoms with van der Waals surface area (Å²) in [5.74, 6) is 1.87. The molecule has 8 rings (SSSR count). The van der Waals surface area contributed by atoms with Crippen LogP contribution in [0.3, 0.4) is 0 Å². The fraction of sp³-hybridized carbons (Fsp3) is 0.0233. The zero-order chi connectivity index (χ0) is 31.6. The van der Waals surface area contributed by atoms with E-state index < -0.39 is 0 Å². The van der Waals surface area contributed by atoms with Crippen LogP contribution in [0.1, 0.15) is 5.56 Å². The Hall–Kier alpha value is -6.26. The van der Waals surface area contributed by atoms with Crippen molar-refractivity contribution in [2.45, 2.75) is 6.92 Å². The minimum atomic E-state index is 0.610. The molecule has 4 heteroatoms. The third-order valence-corrected chi connectivity index (χ3v) is 8.37. The molecule has 0 spiro atoms. The number of pyridine rings is 1. The number of rotatable bonds is 6. The fourth-order valence-corrected chi connectivity index (χ4v) is 5.86. The number of fused-ring (bicyclic) bond motifs is 1. The average Bonchev–Trinajstić information content (AvgIpc) is 3.15. The first-order valence-corrected chi connectivity index (χ1v) is 15.7. The summed E-state index contributed by atoms with van der Waals surface area (Å²) in [7, 11) is 0. The van der Waals surface area contributed by atoms with Gasteiger partial charge in [0.2, 0.25) is 0 Å². The van der Waals surface area contributed by atoms with E-state index in [4.69, 9.17) is 19.9 Å². The molecule has 0 bridgehead atoms. The van der Waals surface area contributed by atoms with E-state index in [1.54, 1.807) is 0 Å². The molecular formula is C43H30N4. The fourth-order valence-electron chi connectivity index (χ4n) is 5.86. The van der Waals surface area contributed by atoms with Gasteiger partial charge in [0.25, 0.3) is 0 Å². The van der Waals surface area contributed by atoms with E-state index in [0.29, 0.717) is 17.5 Å². The molecule has 2 aromatic heterocycles. The monoisotopic (exact) mass is 602 g/mol. The first-order chi connectivity index (χ1) is 23.2. The summed E-state index contributed by atoms with van der Waals surface area (Å²) in [4.78, 5) is 20.2. The third kappa shape index (κ3) is 5.92. The van der Waals surface area contributed by atoms with Crippen molar-refractivity contribution in [1.82, 2.24) is 19.9 Å². The minimum Gasteiger partial charge on any atom is -0.248 e. The van der Waals surface area contributed by atoms with Gasteiger partial charge in [-0.05, 0) is 65.2 Å². The zero-order valence-electron chi connectivity index (χ0n) is 25.9. The SMILES string of the molecule is Cc1ccc(-c2cc(-c3cccc(-c4ccc5ccccc5c4)n3)cc(-c3nc(-c4ccccc4)nc(-c4ccccc4)n3)c2)cc1. The Morgan fingerprint density at radius 3 is 1.47 bits per heavy atom. The molecule has 0 radical (unpaired) electrons. The number of aromatic nitrogens is 4. The molecule has 0 saturated heterocycles. The molecule has 222 valence electrons. The van der Waals surface area contributed by atoms with Crippen LogP contribution in [-0.4, -0.2) is 19.9 Å². The van der Waals surface area contributed by atoms with Crippen molar-refractivity contribution in [3.05, 3.63) is 169 Å². The van der Waals surface area contributed by atoms with Gasteiger partial charge in [0, 0.05) is 27.8 Å². The lowest BCUT2D eigenvalue weighted by Gasteiger charge is -2.13. The van der Waals surface area contributed by atoms with Crippen molar-refractivity contribution in [3.63, 3.8) is 0 Å². The van der Waals surface area contributed by atoms with E-state index in [2.05, 4.69) is 110 Å². The summed E-state index contributed by atoms with van der Waals surface area (Å²) < 4.78 is 0. The first kappa shape index (κ1) is 28.2. The highest BCUT2D eigenvalue weighted by molar-refractivity contribution is 5.87. The molecule has 0 aliphatic rings. The van der Waals surface area contributed by atoms with Crippen LogP contribution < -0.4 is 0 Å². The second kappa shape index (κ2) is 12.3. The Bertz CT molecular complexity index is 2290. The second-order valence-corrected chi connectivity index (χ2v) is 11.7. The van der Waals surface area contributed by atoms with Crippen molar-refractivity contribution >= 4 is 10.8 Å². The van der Waals surface area contributed by atoms with Crippen LogP contribution in [0.5, 0.6) is 0 Å². The van der Waals surface area contributed by atoms with Gasteiger partial charge in [-0.25, -0.2) is 19.9 Å². The first-order valence-electron chi connectivity index (χ1n) is 15.7. The highest BCUT2D eigenvalue weighted by Gasteiger charge is 2.15. The molecule has 8 aromatic rings. The highest BCUT2D eigenvalue weighted by Crippen LogP contribution is 2.34. The topological polar surface area (TPSA) is 51.6 Å². The summed E-state index contributed by atoms with van der Waals surface area (Å²) in [6.07, 6.45) is 0. The van der Waals surface area contributed by atoms with Gasteiger partial charge < -0.3 is 0 Å². The highest BCUT2D eigenvalue weighted by atomic mass is 15.0. The molecule has 0 saturated carbocycles. The van der Waals surface area contributed by atoms with Crippen LogP contribution in [0, 0.1) is 6.92 Å². The summed E-state index contributed by atoms with van der Waals surface area (Å²) in [6.45, 7) is 2.11. The van der Waals surface area contributed by atoms with Crippen molar-refractivity contribution in [1.29, 1.82) is 0 Å². The second-order valence-electron chi connectivity index (χ2n) is 11.7. The predicted molar refractivity (Wildman–Crippen MR) is 192 cm³/mol. The van der Waals surface area contributed by atoms with Gasteiger partial charge in [-0.2, -0.15) is 0 Å². The van der Waals surface area contributed by atoms with Crippen LogP contribution in [0.15, 0.2) is 164 Å². The van der Waals surface area contributed by atoms with Crippen molar-refractivity contribution in [2.75, 3.05) is 0 Å². The van der Waals surface area contributed by atoms with E-state index in [1.807, 2.05) is 60.7 Å². The Morgan fingerprint density at radius 1 is 0.298 bits per heavy atom. The van der Waals surface area contributed by atoms with Crippen molar-refractivity contribution in [3.8, 4) is 67.8 Å². The molecule has 6 aromatic carbocycles. The Balaban J connectivity index is 1.30. The molecular weight excluding hydrogens is 573 g/mol. The maximum Gasteiger partial charge on any atom is 0.164 e. The van der Waals surface area contributed by atoms with E-state index in [-0.39, 0.29) is 0 Å². The molecule has 0 unspecified atom stereocenters. The van der Waals surface area contributed by atoms with Gasteiger partial charge >= 0.3 is 0 Å². The van der Waals surface area contributed by atoms with Gasteiger partial charge in [0.1, 0.15) is 0 Å². The van der Waals surface area contributed by atoms with E-state index in [9.17, 15) is 0 Å². The van der Waals surface area contributed by atoms with E-state index in [1.165, 1.54) is 16.3 Å². The van der Waals surface area contributed by atoms with Crippen LogP contribution in [-0.2, 0) is 0 Å². The van der Waals surface area contributed by atoms with Crippen molar-refractivity contribution in [2.24, 2.45) is 0 Å². The number of hydrogen-bond donors (Lipinski definition) is 0. The lowest BCUT2D eigenvalue weighted by molar-refractivity contribution is 1.07. The number of nitrogens with zero attached hydrogens (tertiary/aromatic N) is 4. The van der Waals surface area contributed by atoms with Gasteiger partial charge in [-0.3, -0.25) is 0 Å². The third-order valence-electron chi connectivity index (χ3n) is 8.37. The lowest BCUT2D eigenvalue weighted by atomic mass is 9.96. The molecule has 0 aliphatic carbocycles. The maximum absolute atomic E-state index is 5.18. The van der Waals surface area contributed by atoms with Crippen LogP contribution in [0.4, 0.5) is 0 Å². The normalized spacial score (nSPS) is 11.1. The predicted octanol–water partition coefficient (Wildman–Crippen LogP) is 10.7. The van der Waals surface area contributed by atoms with Crippen LogP contribution >= 0.6 is 0 Å². The molecule has 2 heterocycles. The van der Waals surface area contributed by atoms with E-state index >= 15 is 0 Å². The maximum atomic E-state index is 5.18. The summed E-state index contributed by atoms with van der Waals surface area (Å²) in [5, 5.41) is 2.41. The lowest BCUT2D eigenvalue weighted by Crippen LogP contribution is -2.00. The number of aryl methyl sites for hydroxylation is 1. The Labute approximate surface area is 274 Å². The summed E-state index contributed by atoms with van der Waals surface area (Å²) in [6, 6.07) is 56.4. The minimum absolute atomic E-state index is 0.610. The molecule has 47 heavy (non-hydrogen) atoms. The average molecular weight is 603 g/mol. The van der Waals surface area contributed by atoms with Gasteiger partial charge in [-0.15, -0.1) is 0 Å². The summed E-state index contributed by atoms with van der Waals surface area (Å²) in [5.41, 5.74) is 10.0. The van der Waals surface area contributed by atoms with Crippen LogP contribution in [0.25, 0.3) is 78.6 Å². The standard InChI is InChI=1S/C43H30N4/c1-29-19-21-31(22-20-29)36-26-37(40-18-10-17-39(44-40)35-24-23-30-11-8-9-16-34(30)25-35)28-38(27-36)43-46-41(32-12-4-2-5-13-32)45-42(47-43)33-14-6-3-7-15-33/h2-28H,1H3. The molecule has 0 N–H and O–H groups in total. The zero-order valence-corrected chi connectivity index (χ0v) is 25.9. The van der Waals surface area contributed by atoms with Crippen LogP contribution in [0.2, 0.25) is 0 Å². The Morgan fingerprint density at radius 2 is 0.809 bits per heavy atom. The number of benzene rings is 6. The van der Waals surface area contributed by atoms with Crippen molar-refractivity contribution < 1.29 is 0 Å². The molecule has 0 fully saturated rings. The smallest absolute Gasteiger partial charge is 0.164 e. The van der Waals surface area contributed by atoms with Gasteiger partial charge in [0.05, 0.1) is 11.4 Å². The quantitative estimate of drug-likeness (QED) is 0.190. The van der Waals surface area contributed by atoms with Gasteiger partial charge in [0.15, 0.2) is 17.5 Å². The number of hydrogen-bond acceptors (Lipinski definition) is 4. The summed E-state index contributed by atoms with van der Waals surface area (Å²) >= 11 is 0. The molecule has 0 atom stereocenters.